The summed E-state index contributed by atoms with van der Waals surface area (Å²) in [6.45, 7) is 6.39. The smallest absolute Gasteiger partial charge is 0.323 e. The van der Waals surface area contributed by atoms with E-state index in [0.29, 0.717) is 6.04 Å². The molecule has 1 fully saturated rings. The molecule has 98 valence electrons. The van der Waals surface area contributed by atoms with Gasteiger partial charge < -0.3 is 15.3 Å². The highest BCUT2D eigenvalue weighted by molar-refractivity contribution is 5.83. The van der Waals surface area contributed by atoms with Crippen LogP contribution in [0, 0.1) is 5.92 Å². The monoisotopic (exact) mass is 242 g/mol. The molecule has 1 rings (SSSR count). The number of piperidine rings is 1. The lowest BCUT2D eigenvalue weighted by Gasteiger charge is -2.33. The molecule has 1 saturated heterocycles. The second kappa shape index (κ2) is 6.00. The molecule has 2 unspecified atom stereocenters. The summed E-state index contributed by atoms with van der Waals surface area (Å²) in [5.74, 6) is -1.00. The van der Waals surface area contributed by atoms with Gasteiger partial charge in [0.25, 0.3) is 0 Å². The zero-order valence-corrected chi connectivity index (χ0v) is 10.8. The first-order chi connectivity index (χ1) is 7.91. The van der Waals surface area contributed by atoms with E-state index < -0.39 is 5.97 Å². The maximum atomic E-state index is 12.3. The molecule has 0 radical (unpaired) electrons. The van der Waals surface area contributed by atoms with Gasteiger partial charge in [-0.3, -0.25) is 9.59 Å². The highest BCUT2D eigenvalue weighted by Gasteiger charge is 2.30. The second-order valence-electron chi connectivity index (χ2n) is 5.03. The maximum Gasteiger partial charge on any atom is 0.323 e. The molecular formula is C12H22N2O3. The van der Waals surface area contributed by atoms with Crippen LogP contribution < -0.4 is 5.32 Å². The molecule has 1 amide bonds. The lowest BCUT2D eigenvalue weighted by Crippen LogP contribution is -2.48. The van der Waals surface area contributed by atoms with Gasteiger partial charge >= 0.3 is 5.97 Å². The minimum Gasteiger partial charge on any atom is -0.480 e. The predicted octanol–water partition coefficient (Wildman–Crippen LogP) is 0.696. The van der Waals surface area contributed by atoms with Crippen molar-refractivity contribution in [1.29, 1.82) is 0 Å². The van der Waals surface area contributed by atoms with Gasteiger partial charge in [-0.2, -0.15) is 0 Å². The van der Waals surface area contributed by atoms with Gasteiger partial charge in [0, 0.05) is 18.0 Å². The largest absolute Gasteiger partial charge is 0.480 e. The highest BCUT2D eigenvalue weighted by atomic mass is 16.4. The third-order valence-electron chi connectivity index (χ3n) is 3.18. The number of hydrogen-bond acceptors (Lipinski definition) is 3. The Morgan fingerprint density at radius 2 is 2.12 bits per heavy atom. The fourth-order valence-electron chi connectivity index (χ4n) is 2.25. The molecule has 0 aromatic rings. The number of carboxylic acid groups (broad SMARTS) is 1. The van der Waals surface area contributed by atoms with E-state index in [1.807, 2.05) is 13.8 Å². The molecule has 0 aromatic carbocycles. The van der Waals surface area contributed by atoms with E-state index in [0.717, 1.165) is 19.4 Å². The normalized spacial score (nSPS) is 24.7. The second-order valence-corrected chi connectivity index (χ2v) is 5.03. The van der Waals surface area contributed by atoms with Crippen LogP contribution in [-0.4, -0.2) is 47.1 Å². The van der Waals surface area contributed by atoms with E-state index in [4.69, 9.17) is 5.11 Å². The molecule has 0 saturated carbocycles. The number of rotatable bonds is 4. The fraction of sp³-hybridized carbons (Fsp3) is 0.833. The molecule has 17 heavy (non-hydrogen) atoms. The summed E-state index contributed by atoms with van der Waals surface area (Å²) >= 11 is 0. The van der Waals surface area contributed by atoms with Gasteiger partial charge in [-0.05, 0) is 40.2 Å². The number of carboxylic acids is 1. The van der Waals surface area contributed by atoms with Gasteiger partial charge in [0.15, 0.2) is 0 Å². The first-order valence-electron chi connectivity index (χ1n) is 6.17. The third kappa shape index (κ3) is 4.00. The van der Waals surface area contributed by atoms with Crippen molar-refractivity contribution >= 4 is 11.9 Å². The van der Waals surface area contributed by atoms with E-state index in [-0.39, 0.29) is 24.4 Å². The summed E-state index contributed by atoms with van der Waals surface area (Å²) in [5.41, 5.74) is 0. The van der Waals surface area contributed by atoms with E-state index in [9.17, 15) is 9.59 Å². The van der Waals surface area contributed by atoms with Crippen molar-refractivity contribution in [2.75, 3.05) is 13.1 Å². The Bertz CT molecular complexity index is 291. The topological polar surface area (TPSA) is 69.6 Å². The molecular weight excluding hydrogens is 220 g/mol. The Labute approximate surface area is 102 Å². The number of carbonyl (C=O) groups is 2. The standard InChI is InChI=1S/C12H22N2O3/c1-8(2)14(7-11(15)16)12(17)10-4-5-13-9(3)6-10/h8-10,13H,4-7H2,1-3H3,(H,15,16). The van der Waals surface area contributed by atoms with Gasteiger partial charge in [-0.15, -0.1) is 0 Å². The van der Waals surface area contributed by atoms with Crippen molar-refractivity contribution in [3.63, 3.8) is 0 Å². The molecule has 0 aromatic heterocycles. The molecule has 2 atom stereocenters. The molecule has 1 heterocycles. The molecule has 0 bridgehead atoms. The molecule has 2 N–H and O–H groups in total. The Morgan fingerprint density at radius 1 is 1.47 bits per heavy atom. The molecule has 0 aliphatic carbocycles. The summed E-state index contributed by atoms with van der Waals surface area (Å²) in [6.07, 6.45) is 1.59. The van der Waals surface area contributed by atoms with E-state index in [1.165, 1.54) is 4.90 Å². The van der Waals surface area contributed by atoms with Crippen molar-refractivity contribution in [3.05, 3.63) is 0 Å². The first-order valence-corrected chi connectivity index (χ1v) is 6.17. The van der Waals surface area contributed by atoms with Crippen molar-refractivity contribution < 1.29 is 14.7 Å². The Morgan fingerprint density at radius 3 is 2.59 bits per heavy atom. The van der Waals surface area contributed by atoms with E-state index in [2.05, 4.69) is 12.2 Å². The number of nitrogens with zero attached hydrogens (tertiary/aromatic N) is 1. The van der Waals surface area contributed by atoms with Crippen molar-refractivity contribution in [3.8, 4) is 0 Å². The van der Waals surface area contributed by atoms with Gasteiger partial charge in [-0.1, -0.05) is 0 Å². The molecule has 5 nitrogen and oxygen atoms in total. The quantitative estimate of drug-likeness (QED) is 0.761. The van der Waals surface area contributed by atoms with Crippen LogP contribution in [0.5, 0.6) is 0 Å². The van der Waals surface area contributed by atoms with Crippen LogP contribution >= 0.6 is 0 Å². The summed E-state index contributed by atoms with van der Waals surface area (Å²) < 4.78 is 0. The lowest BCUT2D eigenvalue weighted by molar-refractivity contribution is -0.148. The number of amides is 1. The van der Waals surface area contributed by atoms with Crippen molar-refractivity contribution in [2.45, 2.75) is 45.7 Å². The lowest BCUT2D eigenvalue weighted by atomic mass is 9.91. The van der Waals surface area contributed by atoms with E-state index >= 15 is 0 Å². The van der Waals surface area contributed by atoms with Gasteiger partial charge in [0.2, 0.25) is 5.91 Å². The Hall–Kier alpha value is -1.10. The van der Waals surface area contributed by atoms with Gasteiger partial charge in [0.1, 0.15) is 6.54 Å². The number of nitrogens with one attached hydrogen (secondary N) is 1. The zero-order chi connectivity index (χ0) is 13.0. The van der Waals surface area contributed by atoms with Crippen molar-refractivity contribution in [1.82, 2.24) is 10.2 Å². The van der Waals surface area contributed by atoms with Crippen LogP contribution in [-0.2, 0) is 9.59 Å². The summed E-state index contributed by atoms with van der Waals surface area (Å²) in [6, 6.07) is 0.264. The first kappa shape index (κ1) is 14.0. The zero-order valence-electron chi connectivity index (χ0n) is 10.8. The number of carbonyl (C=O) groups excluding carboxylic acids is 1. The average molecular weight is 242 g/mol. The molecule has 1 aliphatic rings. The van der Waals surface area contributed by atoms with Gasteiger partial charge in [0.05, 0.1) is 0 Å². The highest BCUT2D eigenvalue weighted by Crippen LogP contribution is 2.19. The Kier molecular flexibility index (Phi) is 4.93. The number of aliphatic carboxylic acids is 1. The van der Waals surface area contributed by atoms with Crippen LogP contribution in [0.2, 0.25) is 0 Å². The van der Waals surface area contributed by atoms with Crippen LogP contribution in [0.4, 0.5) is 0 Å². The minimum atomic E-state index is -0.950. The summed E-state index contributed by atoms with van der Waals surface area (Å²) in [7, 11) is 0. The molecule has 5 heteroatoms. The summed E-state index contributed by atoms with van der Waals surface area (Å²) in [4.78, 5) is 24.5. The SMILES string of the molecule is CC1CC(C(=O)N(CC(=O)O)C(C)C)CCN1. The Balaban J connectivity index is 2.66. The van der Waals surface area contributed by atoms with Crippen LogP contribution in [0.25, 0.3) is 0 Å². The minimum absolute atomic E-state index is 0.0178. The maximum absolute atomic E-state index is 12.3. The summed E-state index contributed by atoms with van der Waals surface area (Å²) in [5, 5.41) is 12.1. The molecule has 1 aliphatic heterocycles. The van der Waals surface area contributed by atoms with Crippen LogP contribution in [0.15, 0.2) is 0 Å². The van der Waals surface area contributed by atoms with Gasteiger partial charge in [-0.25, -0.2) is 0 Å². The fourth-order valence-corrected chi connectivity index (χ4v) is 2.25. The van der Waals surface area contributed by atoms with Crippen molar-refractivity contribution in [2.24, 2.45) is 5.92 Å². The van der Waals surface area contributed by atoms with E-state index in [1.54, 1.807) is 0 Å². The predicted molar refractivity (Wildman–Crippen MR) is 64.7 cm³/mol. The van der Waals surface area contributed by atoms with Crippen LogP contribution in [0.1, 0.15) is 33.6 Å². The molecule has 0 spiro atoms. The number of hydrogen-bond donors (Lipinski definition) is 2. The third-order valence-corrected chi connectivity index (χ3v) is 3.18. The average Bonchev–Trinajstić information content (AvgIpc) is 2.24. The van der Waals surface area contributed by atoms with Crippen LogP contribution in [0.3, 0.4) is 0 Å².